The summed E-state index contributed by atoms with van der Waals surface area (Å²) in [4.78, 5) is 4.21. The molecule has 2 rings (SSSR count). The second-order valence-electron chi connectivity index (χ2n) is 2.48. The van der Waals surface area contributed by atoms with Crippen molar-refractivity contribution in [3.63, 3.8) is 0 Å². The molecule has 0 aliphatic heterocycles. The van der Waals surface area contributed by atoms with Crippen molar-refractivity contribution in [1.82, 2.24) is 14.6 Å². The van der Waals surface area contributed by atoms with Crippen LogP contribution < -0.4 is 0 Å². The Kier molecular flexibility index (Phi) is 1.81. The summed E-state index contributed by atoms with van der Waals surface area (Å²) in [7, 11) is 0. The predicted molar refractivity (Wildman–Crippen MR) is 50.4 cm³/mol. The number of aryl methyl sites for hydroxylation is 1. The van der Waals surface area contributed by atoms with Crippen molar-refractivity contribution in [1.29, 1.82) is 0 Å². The van der Waals surface area contributed by atoms with E-state index in [0.717, 1.165) is 15.8 Å². The summed E-state index contributed by atoms with van der Waals surface area (Å²) >= 11 is 9.03. The van der Waals surface area contributed by atoms with Gasteiger partial charge in [-0.25, -0.2) is 9.50 Å². The van der Waals surface area contributed by atoms with Crippen molar-refractivity contribution in [2.24, 2.45) is 0 Å². The fourth-order valence-electron chi connectivity index (χ4n) is 1.06. The molecule has 2 aromatic heterocycles. The van der Waals surface area contributed by atoms with Gasteiger partial charge in [-0.2, -0.15) is 5.10 Å². The average Bonchev–Trinajstić information content (AvgIpc) is 2.29. The average molecular weight is 246 g/mol. The Bertz CT molecular complexity index is 437. The third-order valence-corrected chi connectivity index (χ3v) is 2.12. The first-order chi connectivity index (χ1) is 5.66. The van der Waals surface area contributed by atoms with E-state index in [1.165, 1.54) is 0 Å². The molecule has 0 amide bonds. The maximum Gasteiger partial charge on any atom is 0.157 e. The van der Waals surface area contributed by atoms with E-state index < -0.39 is 0 Å². The van der Waals surface area contributed by atoms with Crippen LogP contribution in [0.15, 0.2) is 16.9 Å². The van der Waals surface area contributed by atoms with Crippen LogP contribution in [0.5, 0.6) is 0 Å². The van der Waals surface area contributed by atoms with Gasteiger partial charge in [0, 0.05) is 0 Å². The van der Waals surface area contributed by atoms with Gasteiger partial charge in [0.25, 0.3) is 0 Å². The standard InChI is InChI=1S/C7H5BrClN3/c1-4-2-6(9)11-12-3-5(8)10-7(4)12/h2-3H,1H3. The van der Waals surface area contributed by atoms with Crippen molar-refractivity contribution in [2.75, 3.05) is 0 Å². The lowest BCUT2D eigenvalue weighted by Gasteiger charge is -1.96. The lowest BCUT2D eigenvalue weighted by Crippen LogP contribution is -1.92. The summed E-state index contributed by atoms with van der Waals surface area (Å²) in [5.41, 5.74) is 1.84. The number of fused-ring (bicyclic) bond motifs is 1. The molecule has 2 aromatic rings. The molecule has 0 saturated carbocycles. The molecule has 0 spiro atoms. The molecule has 0 atom stereocenters. The van der Waals surface area contributed by atoms with Gasteiger partial charge in [-0.1, -0.05) is 11.6 Å². The summed E-state index contributed by atoms with van der Waals surface area (Å²) in [6.07, 6.45) is 1.77. The SMILES string of the molecule is Cc1cc(Cl)nn2cc(Br)nc12. The maximum absolute atomic E-state index is 5.76. The number of nitrogens with zero attached hydrogens (tertiary/aromatic N) is 3. The first kappa shape index (κ1) is 8.01. The molecule has 0 radical (unpaired) electrons. The molecule has 0 fully saturated rings. The lowest BCUT2D eigenvalue weighted by molar-refractivity contribution is 0.928. The van der Waals surface area contributed by atoms with E-state index in [-0.39, 0.29) is 0 Å². The number of aromatic nitrogens is 3. The molecule has 0 bridgehead atoms. The van der Waals surface area contributed by atoms with Crippen LogP contribution in [0.1, 0.15) is 5.56 Å². The maximum atomic E-state index is 5.76. The van der Waals surface area contributed by atoms with Crippen LogP contribution in [-0.2, 0) is 0 Å². The van der Waals surface area contributed by atoms with Crippen LogP contribution >= 0.6 is 27.5 Å². The molecule has 0 unspecified atom stereocenters. The highest BCUT2D eigenvalue weighted by atomic mass is 79.9. The molecule has 2 heterocycles. The second kappa shape index (κ2) is 2.71. The smallest absolute Gasteiger partial charge is 0.157 e. The van der Waals surface area contributed by atoms with E-state index in [1.807, 2.05) is 6.92 Å². The Labute approximate surface area is 82.5 Å². The van der Waals surface area contributed by atoms with E-state index in [4.69, 9.17) is 11.6 Å². The third-order valence-electron chi connectivity index (χ3n) is 1.55. The van der Waals surface area contributed by atoms with Crippen LogP contribution in [0.25, 0.3) is 5.65 Å². The van der Waals surface area contributed by atoms with Crippen molar-refractivity contribution in [2.45, 2.75) is 6.92 Å². The quantitative estimate of drug-likeness (QED) is 0.715. The minimum Gasteiger partial charge on any atom is -0.220 e. The van der Waals surface area contributed by atoms with E-state index >= 15 is 0 Å². The first-order valence-corrected chi connectivity index (χ1v) is 4.52. The van der Waals surface area contributed by atoms with Gasteiger partial charge in [0.1, 0.15) is 9.76 Å². The van der Waals surface area contributed by atoms with E-state index in [0.29, 0.717) is 5.15 Å². The molecule has 0 N–H and O–H groups in total. The van der Waals surface area contributed by atoms with Gasteiger partial charge in [0.05, 0.1) is 6.20 Å². The second-order valence-corrected chi connectivity index (χ2v) is 3.68. The van der Waals surface area contributed by atoms with Crippen molar-refractivity contribution in [3.05, 3.63) is 27.6 Å². The van der Waals surface area contributed by atoms with Gasteiger partial charge >= 0.3 is 0 Å². The molecule has 3 nitrogen and oxygen atoms in total. The van der Waals surface area contributed by atoms with Gasteiger partial charge in [-0.3, -0.25) is 0 Å². The zero-order chi connectivity index (χ0) is 8.72. The topological polar surface area (TPSA) is 30.2 Å². The summed E-state index contributed by atoms with van der Waals surface area (Å²) in [5.74, 6) is 0. The number of hydrogen-bond donors (Lipinski definition) is 0. The molecule has 0 aliphatic carbocycles. The van der Waals surface area contributed by atoms with E-state index in [9.17, 15) is 0 Å². The molecule has 0 aromatic carbocycles. The van der Waals surface area contributed by atoms with Crippen LogP contribution in [0, 0.1) is 6.92 Å². The largest absolute Gasteiger partial charge is 0.220 e. The zero-order valence-electron chi connectivity index (χ0n) is 6.25. The Morgan fingerprint density at radius 1 is 1.58 bits per heavy atom. The number of rotatable bonds is 0. The molecular formula is C7H5BrClN3. The minimum absolute atomic E-state index is 0.477. The Morgan fingerprint density at radius 2 is 2.33 bits per heavy atom. The molecular weight excluding hydrogens is 241 g/mol. The molecule has 0 saturated heterocycles. The highest BCUT2D eigenvalue weighted by molar-refractivity contribution is 9.10. The Balaban J connectivity index is 2.88. The molecule has 12 heavy (non-hydrogen) atoms. The molecule has 62 valence electrons. The van der Waals surface area contributed by atoms with E-state index in [1.54, 1.807) is 16.8 Å². The van der Waals surface area contributed by atoms with Crippen LogP contribution in [0.2, 0.25) is 5.15 Å². The van der Waals surface area contributed by atoms with Gasteiger partial charge < -0.3 is 0 Å². The van der Waals surface area contributed by atoms with Crippen molar-refractivity contribution in [3.8, 4) is 0 Å². The summed E-state index contributed by atoms with van der Waals surface area (Å²) < 4.78 is 2.42. The Hall–Kier alpha value is -0.610. The van der Waals surface area contributed by atoms with Gasteiger partial charge in [0.15, 0.2) is 5.65 Å². The summed E-state index contributed by atoms with van der Waals surface area (Å²) in [6.45, 7) is 1.95. The number of halogens is 2. The Morgan fingerprint density at radius 3 is 3.08 bits per heavy atom. The highest BCUT2D eigenvalue weighted by Crippen LogP contribution is 2.15. The van der Waals surface area contributed by atoms with Crippen LogP contribution in [-0.4, -0.2) is 14.6 Å². The van der Waals surface area contributed by atoms with Gasteiger partial charge in [0.2, 0.25) is 0 Å². The van der Waals surface area contributed by atoms with Crippen LogP contribution in [0.4, 0.5) is 0 Å². The fraction of sp³-hybridized carbons (Fsp3) is 0.143. The zero-order valence-corrected chi connectivity index (χ0v) is 8.59. The fourth-order valence-corrected chi connectivity index (χ4v) is 1.67. The number of imidazole rings is 1. The predicted octanol–water partition coefficient (Wildman–Crippen LogP) is 2.45. The van der Waals surface area contributed by atoms with E-state index in [2.05, 4.69) is 26.0 Å². The van der Waals surface area contributed by atoms with Crippen molar-refractivity contribution >= 4 is 33.2 Å². The summed E-state index contributed by atoms with van der Waals surface area (Å²) in [6, 6.07) is 1.79. The lowest BCUT2D eigenvalue weighted by atomic mass is 10.3. The van der Waals surface area contributed by atoms with Gasteiger partial charge in [-0.05, 0) is 34.5 Å². The first-order valence-electron chi connectivity index (χ1n) is 3.35. The molecule has 5 heteroatoms. The van der Waals surface area contributed by atoms with Crippen LogP contribution in [0.3, 0.4) is 0 Å². The number of hydrogen-bond acceptors (Lipinski definition) is 2. The summed E-state index contributed by atoms with van der Waals surface area (Å²) in [5, 5.41) is 4.52. The van der Waals surface area contributed by atoms with Gasteiger partial charge in [-0.15, -0.1) is 0 Å². The third kappa shape index (κ3) is 1.21. The highest BCUT2D eigenvalue weighted by Gasteiger charge is 2.03. The van der Waals surface area contributed by atoms with Crippen molar-refractivity contribution < 1.29 is 0 Å². The molecule has 0 aliphatic rings. The normalized spacial score (nSPS) is 10.9. The monoisotopic (exact) mass is 245 g/mol. The minimum atomic E-state index is 0.477.